The van der Waals surface area contributed by atoms with E-state index in [0.717, 1.165) is 90.7 Å². The number of nitriles is 1. The number of allylic oxidation sites excluding steroid dienone is 1. The third kappa shape index (κ3) is 4.97. The number of rotatable bonds is 6. The minimum Gasteiger partial charge on any atom is -0.379 e. The third-order valence-electron chi connectivity index (χ3n) is 6.29. The van der Waals surface area contributed by atoms with Crippen molar-refractivity contribution >= 4 is 0 Å². The fourth-order valence-corrected chi connectivity index (χ4v) is 4.63. The van der Waals surface area contributed by atoms with E-state index in [-0.39, 0.29) is 5.70 Å². The molecule has 0 aromatic carbocycles. The van der Waals surface area contributed by atoms with Crippen LogP contribution >= 0.6 is 0 Å². The molecular weight excluding hydrogens is 352 g/mol. The highest BCUT2D eigenvalue weighted by atomic mass is 16.5. The van der Waals surface area contributed by atoms with Gasteiger partial charge in [0.2, 0.25) is 0 Å². The Kier molecular flexibility index (Phi) is 7.56. The first-order valence-electron chi connectivity index (χ1n) is 10.7. The van der Waals surface area contributed by atoms with Crippen molar-refractivity contribution in [2.24, 2.45) is 0 Å². The molecule has 0 N–H and O–H groups in total. The molecule has 0 radical (unpaired) electrons. The summed E-state index contributed by atoms with van der Waals surface area (Å²) in [4.78, 5) is 13.2. The van der Waals surface area contributed by atoms with Crippen molar-refractivity contribution in [3.05, 3.63) is 22.9 Å². The summed E-state index contributed by atoms with van der Waals surface area (Å²) in [6.45, 7) is 21.7. The molecule has 0 unspecified atom stereocenters. The van der Waals surface area contributed by atoms with Gasteiger partial charge in [-0.2, -0.15) is 0 Å². The highest BCUT2D eigenvalue weighted by Gasteiger charge is 2.34. The Bertz CT molecular complexity index is 604. The second-order valence-corrected chi connectivity index (χ2v) is 8.24. The van der Waals surface area contributed by atoms with Crippen LogP contribution in [0.2, 0.25) is 0 Å². The van der Waals surface area contributed by atoms with Crippen molar-refractivity contribution in [2.75, 3.05) is 65.6 Å². The fraction of sp³-hybridized carbons (Fsp3) is 0.810. The lowest BCUT2D eigenvalue weighted by molar-refractivity contribution is 0.0365. The predicted molar refractivity (Wildman–Crippen MR) is 109 cm³/mol. The van der Waals surface area contributed by atoms with Gasteiger partial charge in [0, 0.05) is 64.4 Å². The van der Waals surface area contributed by atoms with Crippen molar-refractivity contribution in [1.29, 1.82) is 5.26 Å². The quantitative estimate of drug-likeness (QED) is 0.513. The molecule has 154 valence electrons. The molecule has 3 fully saturated rings. The Balaban J connectivity index is 1.61. The Morgan fingerprint density at radius 1 is 1.14 bits per heavy atom. The van der Waals surface area contributed by atoms with Gasteiger partial charge in [0.05, 0.1) is 25.9 Å². The summed E-state index contributed by atoms with van der Waals surface area (Å²) in [6, 6.07) is 3.20. The Hall–Kier alpha value is -1.80. The maximum Gasteiger partial charge on any atom is 0.300 e. The fourth-order valence-electron chi connectivity index (χ4n) is 4.63. The topological polar surface area (TPSA) is 50.3 Å². The Morgan fingerprint density at radius 3 is 2.46 bits per heavy atom. The number of hydrogen-bond acceptors (Lipinski definition) is 6. The molecule has 7 nitrogen and oxygen atoms in total. The lowest BCUT2D eigenvalue weighted by atomic mass is 10.0. The van der Waals surface area contributed by atoms with E-state index in [4.69, 9.17) is 11.3 Å². The van der Waals surface area contributed by atoms with Crippen molar-refractivity contribution in [2.45, 2.75) is 45.2 Å². The molecule has 0 atom stereocenters. The van der Waals surface area contributed by atoms with Crippen LogP contribution in [0.3, 0.4) is 0 Å². The number of nitrogens with zero attached hydrogens (tertiary/aromatic N) is 6. The van der Waals surface area contributed by atoms with Crippen LogP contribution in [0.5, 0.6) is 0 Å². The monoisotopic (exact) mass is 386 g/mol. The number of hydrogen-bond donors (Lipinski definition) is 0. The van der Waals surface area contributed by atoms with Gasteiger partial charge in [-0.3, -0.25) is 4.90 Å². The predicted octanol–water partition coefficient (Wildman–Crippen LogP) is 1.81. The highest BCUT2D eigenvalue weighted by molar-refractivity contribution is 5.34. The first kappa shape index (κ1) is 20.9. The van der Waals surface area contributed by atoms with Crippen LogP contribution in [0.25, 0.3) is 4.85 Å². The highest BCUT2D eigenvalue weighted by Crippen LogP contribution is 2.30. The summed E-state index contributed by atoms with van der Waals surface area (Å²) in [5.41, 5.74) is 0.259. The van der Waals surface area contributed by atoms with Crippen molar-refractivity contribution in [3.8, 4) is 6.07 Å². The van der Waals surface area contributed by atoms with Gasteiger partial charge in [-0.05, 0) is 33.1 Å². The molecule has 0 saturated carbocycles. The molecule has 0 aliphatic carbocycles. The zero-order valence-electron chi connectivity index (χ0n) is 17.4. The van der Waals surface area contributed by atoms with Crippen LogP contribution in [0, 0.1) is 17.9 Å². The maximum absolute atomic E-state index is 9.56. The van der Waals surface area contributed by atoms with Crippen molar-refractivity contribution in [1.82, 2.24) is 19.6 Å². The van der Waals surface area contributed by atoms with Gasteiger partial charge in [0.1, 0.15) is 5.82 Å². The standard InChI is InChI=1S/C21H34N6O/c1-18(2)25-9-5-19(6-10-25)27-12-11-26(21(27)20(17-22)23-3)8-4-7-24-13-15-28-16-14-24/h18-19H,4-16H2,1-2H3. The lowest BCUT2D eigenvalue weighted by Crippen LogP contribution is -2.46. The summed E-state index contributed by atoms with van der Waals surface area (Å²) in [5.74, 6) is 0.891. The summed E-state index contributed by atoms with van der Waals surface area (Å²) >= 11 is 0. The van der Waals surface area contributed by atoms with Crippen molar-refractivity contribution in [3.63, 3.8) is 0 Å². The minimum absolute atomic E-state index is 0.259. The first-order valence-corrected chi connectivity index (χ1v) is 10.7. The largest absolute Gasteiger partial charge is 0.379 e. The minimum atomic E-state index is 0.259. The zero-order valence-corrected chi connectivity index (χ0v) is 17.4. The molecule has 3 rings (SSSR count). The summed E-state index contributed by atoms with van der Waals surface area (Å²) in [6.07, 6.45) is 3.28. The smallest absolute Gasteiger partial charge is 0.300 e. The van der Waals surface area contributed by atoms with Gasteiger partial charge in [-0.15, -0.1) is 0 Å². The lowest BCUT2D eigenvalue weighted by Gasteiger charge is -2.40. The van der Waals surface area contributed by atoms with E-state index >= 15 is 0 Å². The van der Waals surface area contributed by atoms with Gasteiger partial charge in [-0.25, -0.2) is 10.1 Å². The van der Waals surface area contributed by atoms with Crippen LogP contribution in [0.15, 0.2) is 11.5 Å². The van der Waals surface area contributed by atoms with Gasteiger partial charge in [-0.1, -0.05) is 0 Å². The van der Waals surface area contributed by atoms with Gasteiger partial charge in [0.15, 0.2) is 0 Å². The maximum atomic E-state index is 9.56. The molecule has 0 spiro atoms. The molecule has 3 saturated heterocycles. The van der Waals surface area contributed by atoms with E-state index in [1.54, 1.807) is 0 Å². The number of morpholine rings is 1. The normalized spacial score (nSPS) is 24.5. The van der Waals surface area contributed by atoms with E-state index in [9.17, 15) is 5.26 Å². The molecule has 0 aromatic rings. The number of ether oxygens (including phenoxy) is 1. The first-order chi connectivity index (χ1) is 13.6. The van der Waals surface area contributed by atoms with E-state index in [1.807, 2.05) is 0 Å². The second-order valence-electron chi connectivity index (χ2n) is 8.24. The van der Waals surface area contributed by atoms with Gasteiger partial charge < -0.3 is 19.4 Å². The molecule has 3 aliphatic heterocycles. The summed E-state index contributed by atoms with van der Waals surface area (Å²) in [5, 5.41) is 9.56. The van der Waals surface area contributed by atoms with E-state index in [0.29, 0.717) is 12.1 Å². The molecule has 28 heavy (non-hydrogen) atoms. The van der Waals surface area contributed by atoms with E-state index in [2.05, 4.69) is 44.4 Å². The Labute approximate surface area is 169 Å². The average molecular weight is 387 g/mol. The Morgan fingerprint density at radius 2 is 1.86 bits per heavy atom. The van der Waals surface area contributed by atoms with Crippen LogP contribution < -0.4 is 0 Å². The van der Waals surface area contributed by atoms with E-state index in [1.165, 1.54) is 0 Å². The van der Waals surface area contributed by atoms with Crippen molar-refractivity contribution < 1.29 is 4.74 Å². The molecule has 3 aliphatic rings. The average Bonchev–Trinajstić information content (AvgIpc) is 3.14. The summed E-state index contributed by atoms with van der Waals surface area (Å²) in [7, 11) is 0. The molecule has 7 heteroatoms. The molecular formula is C21H34N6O. The van der Waals surface area contributed by atoms with Crippen LogP contribution in [0.1, 0.15) is 33.1 Å². The van der Waals surface area contributed by atoms with Gasteiger partial charge >= 0.3 is 5.70 Å². The molecule has 0 aromatic heterocycles. The molecule has 0 amide bonds. The van der Waals surface area contributed by atoms with E-state index < -0.39 is 0 Å². The summed E-state index contributed by atoms with van der Waals surface area (Å²) < 4.78 is 5.42. The second kappa shape index (κ2) is 10.1. The van der Waals surface area contributed by atoms with Crippen LogP contribution in [0.4, 0.5) is 0 Å². The SMILES string of the molecule is [C-]#[N+]C(C#N)=C1N(CCCN2CCOCC2)CCN1C1CCN(C(C)C)CC1. The zero-order chi connectivity index (χ0) is 19.9. The van der Waals surface area contributed by atoms with Crippen LogP contribution in [-0.2, 0) is 4.74 Å². The molecule has 0 bridgehead atoms. The third-order valence-corrected chi connectivity index (χ3v) is 6.29. The van der Waals surface area contributed by atoms with Crippen LogP contribution in [-0.4, -0.2) is 97.3 Å². The molecule has 3 heterocycles. The number of piperidine rings is 1. The van der Waals surface area contributed by atoms with Gasteiger partial charge in [0.25, 0.3) is 0 Å². The number of likely N-dealkylation sites (tertiary alicyclic amines) is 1.